The number of nitrogens with one attached hydrogen (secondary N) is 1. The van der Waals surface area contributed by atoms with Gasteiger partial charge in [-0.3, -0.25) is 0 Å². The van der Waals surface area contributed by atoms with Gasteiger partial charge in [-0.1, -0.05) is 18.2 Å². The predicted octanol–water partition coefficient (Wildman–Crippen LogP) is 1.74. The Bertz CT molecular complexity index is 616. The molecule has 1 heterocycles. The standard InChI is InChI=1S/C15H18N2O4/c18-7-9-21-8-3-6-16-14-12(15(19)20)10-11-4-1-2-5-13(11)17-14/h1-2,4-5,10,18H,3,6-9H2,(H,16,17)(H,19,20). The molecule has 1 aromatic heterocycles. The van der Waals surface area contributed by atoms with Crippen molar-refractivity contribution in [3.05, 3.63) is 35.9 Å². The molecule has 0 bridgehead atoms. The fourth-order valence-electron chi connectivity index (χ4n) is 1.96. The smallest absolute Gasteiger partial charge is 0.339 e. The van der Waals surface area contributed by atoms with Gasteiger partial charge >= 0.3 is 5.97 Å². The first kappa shape index (κ1) is 15.2. The van der Waals surface area contributed by atoms with Crippen molar-refractivity contribution in [3.63, 3.8) is 0 Å². The summed E-state index contributed by atoms with van der Waals surface area (Å²) in [5.74, 6) is -0.643. The summed E-state index contributed by atoms with van der Waals surface area (Å²) in [4.78, 5) is 15.7. The Hall–Kier alpha value is -2.18. The summed E-state index contributed by atoms with van der Waals surface area (Å²) in [5.41, 5.74) is 0.909. The van der Waals surface area contributed by atoms with Crippen LogP contribution in [0.15, 0.2) is 30.3 Å². The highest BCUT2D eigenvalue weighted by atomic mass is 16.5. The number of aromatic carboxylic acids is 1. The number of hydrogen-bond acceptors (Lipinski definition) is 5. The summed E-state index contributed by atoms with van der Waals surface area (Å²) in [6.45, 7) is 1.37. The number of aliphatic hydroxyl groups excluding tert-OH is 1. The molecule has 0 aliphatic heterocycles. The van der Waals surface area contributed by atoms with Crippen LogP contribution in [0.3, 0.4) is 0 Å². The van der Waals surface area contributed by atoms with E-state index in [9.17, 15) is 9.90 Å². The maximum atomic E-state index is 11.3. The van der Waals surface area contributed by atoms with Crippen LogP contribution < -0.4 is 5.32 Å². The number of nitrogens with zero attached hydrogens (tertiary/aromatic N) is 1. The number of pyridine rings is 1. The van der Waals surface area contributed by atoms with E-state index < -0.39 is 5.97 Å². The van der Waals surface area contributed by atoms with Crippen LogP contribution in [0.1, 0.15) is 16.8 Å². The molecule has 0 saturated heterocycles. The summed E-state index contributed by atoms with van der Waals surface area (Å²) in [6.07, 6.45) is 0.702. The molecule has 0 unspecified atom stereocenters. The minimum Gasteiger partial charge on any atom is -0.478 e. The van der Waals surface area contributed by atoms with Gasteiger partial charge in [0.2, 0.25) is 0 Å². The Morgan fingerprint density at radius 1 is 1.29 bits per heavy atom. The third-order valence-corrected chi connectivity index (χ3v) is 2.95. The number of ether oxygens (including phenoxy) is 1. The Kier molecular flexibility index (Phi) is 5.48. The van der Waals surface area contributed by atoms with E-state index in [2.05, 4.69) is 10.3 Å². The van der Waals surface area contributed by atoms with E-state index in [1.54, 1.807) is 6.07 Å². The number of para-hydroxylation sites is 1. The molecule has 0 radical (unpaired) electrons. The van der Waals surface area contributed by atoms with E-state index in [4.69, 9.17) is 9.84 Å². The number of hydrogen-bond donors (Lipinski definition) is 3. The highest BCUT2D eigenvalue weighted by molar-refractivity contribution is 5.98. The second-order valence-corrected chi connectivity index (χ2v) is 4.50. The molecule has 0 aliphatic carbocycles. The molecule has 2 aromatic rings. The summed E-state index contributed by atoms with van der Waals surface area (Å²) >= 11 is 0. The maximum Gasteiger partial charge on any atom is 0.339 e. The Balaban J connectivity index is 2.06. The van der Waals surface area contributed by atoms with Crippen molar-refractivity contribution in [1.29, 1.82) is 0 Å². The number of benzene rings is 1. The predicted molar refractivity (Wildman–Crippen MR) is 79.7 cm³/mol. The van der Waals surface area contributed by atoms with Gasteiger partial charge in [-0.25, -0.2) is 9.78 Å². The van der Waals surface area contributed by atoms with Gasteiger partial charge in [0, 0.05) is 18.5 Å². The fraction of sp³-hybridized carbons (Fsp3) is 0.333. The van der Waals surface area contributed by atoms with E-state index in [1.165, 1.54) is 0 Å². The molecular formula is C15H18N2O4. The number of aromatic nitrogens is 1. The van der Waals surface area contributed by atoms with Crippen LogP contribution in [0, 0.1) is 0 Å². The lowest BCUT2D eigenvalue weighted by atomic mass is 10.1. The molecule has 2 rings (SSSR count). The molecular weight excluding hydrogens is 272 g/mol. The highest BCUT2D eigenvalue weighted by Gasteiger charge is 2.12. The van der Waals surface area contributed by atoms with Crippen molar-refractivity contribution in [3.8, 4) is 0 Å². The molecule has 3 N–H and O–H groups in total. The third-order valence-electron chi connectivity index (χ3n) is 2.95. The zero-order valence-electron chi connectivity index (χ0n) is 11.6. The second kappa shape index (κ2) is 7.56. The van der Waals surface area contributed by atoms with Crippen LogP contribution in [0.2, 0.25) is 0 Å². The SMILES string of the molecule is O=C(O)c1cc2ccccc2nc1NCCCOCCO. The first-order chi connectivity index (χ1) is 10.2. The quantitative estimate of drug-likeness (QED) is 0.641. The Morgan fingerprint density at radius 3 is 2.86 bits per heavy atom. The van der Waals surface area contributed by atoms with Gasteiger partial charge in [0.1, 0.15) is 11.4 Å². The molecule has 6 heteroatoms. The zero-order valence-corrected chi connectivity index (χ0v) is 11.6. The average Bonchev–Trinajstić information content (AvgIpc) is 2.49. The van der Waals surface area contributed by atoms with Gasteiger partial charge in [-0.2, -0.15) is 0 Å². The monoisotopic (exact) mass is 290 g/mol. The van der Waals surface area contributed by atoms with E-state index >= 15 is 0 Å². The number of rotatable bonds is 8. The molecule has 0 saturated carbocycles. The van der Waals surface area contributed by atoms with Crippen molar-refractivity contribution >= 4 is 22.7 Å². The van der Waals surface area contributed by atoms with Crippen LogP contribution in [-0.2, 0) is 4.74 Å². The van der Waals surface area contributed by atoms with Gasteiger partial charge in [-0.15, -0.1) is 0 Å². The maximum absolute atomic E-state index is 11.3. The minimum atomic E-state index is -1.01. The summed E-state index contributed by atoms with van der Waals surface area (Å²) in [6, 6.07) is 9.01. The molecule has 112 valence electrons. The van der Waals surface area contributed by atoms with Crippen molar-refractivity contribution < 1.29 is 19.7 Å². The van der Waals surface area contributed by atoms with E-state index in [0.717, 1.165) is 10.9 Å². The number of carboxylic acids is 1. The summed E-state index contributed by atoms with van der Waals surface area (Å²) in [5, 5.41) is 21.7. The van der Waals surface area contributed by atoms with Gasteiger partial charge in [0.15, 0.2) is 0 Å². The summed E-state index contributed by atoms with van der Waals surface area (Å²) in [7, 11) is 0. The van der Waals surface area contributed by atoms with E-state index in [1.807, 2.05) is 24.3 Å². The molecule has 0 spiro atoms. The molecule has 6 nitrogen and oxygen atoms in total. The first-order valence-electron chi connectivity index (χ1n) is 6.78. The van der Waals surface area contributed by atoms with Gasteiger partial charge < -0.3 is 20.3 Å². The van der Waals surface area contributed by atoms with Crippen molar-refractivity contribution in [2.75, 3.05) is 31.7 Å². The summed E-state index contributed by atoms with van der Waals surface area (Å²) < 4.78 is 5.14. The first-order valence-corrected chi connectivity index (χ1v) is 6.78. The van der Waals surface area contributed by atoms with Gasteiger partial charge in [-0.05, 0) is 18.6 Å². The number of fused-ring (bicyclic) bond motifs is 1. The Labute approximate surface area is 122 Å². The fourth-order valence-corrected chi connectivity index (χ4v) is 1.96. The minimum absolute atomic E-state index is 0.00280. The lowest BCUT2D eigenvalue weighted by molar-refractivity contribution is 0.0697. The van der Waals surface area contributed by atoms with E-state index in [-0.39, 0.29) is 12.2 Å². The van der Waals surface area contributed by atoms with Crippen LogP contribution in [0.4, 0.5) is 5.82 Å². The average molecular weight is 290 g/mol. The molecule has 21 heavy (non-hydrogen) atoms. The van der Waals surface area contributed by atoms with Crippen LogP contribution >= 0.6 is 0 Å². The van der Waals surface area contributed by atoms with Crippen LogP contribution in [0.5, 0.6) is 0 Å². The largest absolute Gasteiger partial charge is 0.478 e. The number of carbonyl (C=O) groups is 1. The second-order valence-electron chi connectivity index (χ2n) is 4.50. The van der Waals surface area contributed by atoms with Crippen molar-refractivity contribution in [1.82, 2.24) is 4.98 Å². The van der Waals surface area contributed by atoms with E-state index in [0.29, 0.717) is 32.0 Å². The molecule has 0 amide bonds. The lowest BCUT2D eigenvalue weighted by Gasteiger charge is -2.10. The number of anilines is 1. The highest BCUT2D eigenvalue weighted by Crippen LogP contribution is 2.20. The molecule has 0 aliphatic rings. The van der Waals surface area contributed by atoms with Crippen molar-refractivity contribution in [2.24, 2.45) is 0 Å². The van der Waals surface area contributed by atoms with Crippen molar-refractivity contribution in [2.45, 2.75) is 6.42 Å². The number of aliphatic hydroxyl groups is 1. The molecule has 1 aromatic carbocycles. The van der Waals surface area contributed by atoms with Crippen LogP contribution in [-0.4, -0.2) is 47.5 Å². The van der Waals surface area contributed by atoms with Gasteiger partial charge in [0.05, 0.1) is 18.7 Å². The Morgan fingerprint density at radius 2 is 2.10 bits per heavy atom. The molecule has 0 atom stereocenters. The van der Waals surface area contributed by atoms with Crippen LogP contribution in [0.25, 0.3) is 10.9 Å². The normalized spacial score (nSPS) is 10.7. The topological polar surface area (TPSA) is 91.7 Å². The number of carboxylic acid groups (broad SMARTS) is 1. The van der Waals surface area contributed by atoms with Gasteiger partial charge in [0.25, 0.3) is 0 Å². The zero-order chi connectivity index (χ0) is 15.1. The third kappa shape index (κ3) is 4.14. The lowest BCUT2D eigenvalue weighted by Crippen LogP contribution is -2.12. The molecule has 0 fully saturated rings.